The topological polar surface area (TPSA) is 117 Å². The number of nitrogens with two attached hydrogens (primary N) is 1. The zero-order chi connectivity index (χ0) is 25.6. The van der Waals surface area contributed by atoms with Crippen LogP contribution in [0.4, 0.5) is 17.3 Å². The molecule has 10 heteroatoms. The first-order valence-electron chi connectivity index (χ1n) is 12.6. The second kappa shape index (κ2) is 11.4. The van der Waals surface area contributed by atoms with Crippen LogP contribution >= 0.6 is 0 Å². The molecule has 1 aromatic carbocycles. The Labute approximate surface area is 217 Å². The first kappa shape index (κ1) is 24.7. The summed E-state index contributed by atoms with van der Waals surface area (Å²) in [6.45, 7) is 8.53. The van der Waals surface area contributed by atoms with E-state index < -0.39 is 0 Å². The Morgan fingerprint density at radius 2 is 1.92 bits per heavy atom. The summed E-state index contributed by atoms with van der Waals surface area (Å²) < 4.78 is 5.39. The van der Waals surface area contributed by atoms with Crippen LogP contribution in [0.3, 0.4) is 0 Å². The third-order valence-electron chi connectivity index (χ3n) is 6.82. The van der Waals surface area contributed by atoms with Crippen molar-refractivity contribution in [2.75, 3.05) is 68.0 Å². The lowest BCUT2D eigenvalue weighted by molar-refractivity contribution is 0.0443. The standard InChI is InChI=1S/C27H32N8O2/c1-20-9-12-34(23-19-22(31-32-27(23)28)21-5-2-3-6-24(21)36)13-14-35(20)26-8-10-29-25(30-26)7-4-11-33-15-17-37-18-16-33/h2-3,5-6,8,10,19-20,36H,9,11-18H2,1H3,(H2,28,32)/t20-/m0/s1. The summed E-state index contributed by atoms with van der Waals surface area (Å²) >= 11 is 0. The lowest BCUT2D eigenvalue weighted by atomic mass is 10.1. The third kappa shape index (κ3) is 5.90. The predicted molar refractivity (Wildman–Crippen MR) is 143 cm³/mol. The minimum absolute atomic E-state index is 0.163. The quantitative estimate of drug-likeness (QED) is 0.515. The van der Waals surface area contributed by atoms with E-state index in [0.29, 0.717) is 29.4 Å². The lowest BCUT2D eigenvalue weighted by Crippen LogP contribution is -2.36. The van der Waals surface area contributed by atoms with Gasteiger partial charge in [-0.05, 0) is 43.5 Å². The van der Waals surface area contributed by atoms with Gasteiger partial charge in [0.05, 0.1) is 31.1 Å². The fourth-order valence-corrected chi connectivity index (χ4v) is 4.67. The van der Waals surface area contributed by atoms with Crippen molar-refractivity contribution in [3.8, 4) is 28.8 Å². The minimum atomic E-state index is 0.163. The summed E-state index contributed by atoms with van der Waals surface area (Å²) in [7, 11) is 0. The molecule has 0 amide bonds. The minimum Gasteiger partial charge on any atom is -0.507 e. The lowest BCUT2D eigenvalue weighted by Gasteiger charge is -2.28. The smallest absolute Gasteiger partial charge is 0.206 e. The number of anilines is 3. The van der Waals surface area contributed by atoms with E-state index in [0.717, 1.165) is 63.9 Å². The van der Waals surface area contributed by atoms with E-state index in [1.54, 1.807) is 18.3 Å². The molecule has 3 aromatic rings. The van der Waals surface area contributed by atoms with Crippen LogP contribution in [0.2, 0.25) is 0 Å². The van der Waals surface area contributed by atoms with Crippen LogP contribution in [0.25, 0.3) is 11.3 Å². The Hall–Kier alpha value is -3.94. The van der Waals surface area contributed by atoms with Crippen molar-refractivity contribution in [2.24, 2.45) is 0 Å². The number of morpholine rings is 1. The Morgan fingerprint density at radius 3 is 2.76 bits per heavy atom. The van der Waals surface area contributed by atoms with Gasteiger partial charge in [-0.2, -0.15) is 0 Å². The van der Waals surface area contributed by atoms with Gasteiger partial charge in [-0.1, -0.05) is 18.1 Å². The van der Waals surface area contributed by atoms with Gasteiger partial charge in [-0.3, -0.25) is 4.90 Å². The largest absolute Gasteiger partial charge is 0.507 e. The molecule has 2 aromatic heterocycles. The number of nitrogens with zero attached hydrogens (tertiary/aromatic N) is 7. The first-order chi connectivity index (χ1) is 18.1. The summed E-state index contributed by atoms with van der Waals surface area (Å²) in [6, 6.07) is 11.2. The summed E-state index contributed by atoms with van der Waals surface area (Å²) in [5.41, 5.74) is 8.29. The van der Waals surface area contributed by atoms with Crippen LogP contribution < -0.4 is 15.5 Å². The number of benzene rings is 1. The highest BCUT2D eigenvalue weighted by molar-refractivity contribution is 5.74. The van der Waals surface area contributed by atoms with Crippen molar-refractivity contribution in [2.45, 2.75) is 19.4 Å². The van der Waals surface area contributed by atoms with Crippen LogP contribution in [-0.4, -0.2) is 88.7 Å². The molecule has 192 valence electrons. The molecule has 5 rings (SSSR count). The van der Waals surface area contributed by atoms with Gasteiger partial charge >= 0.3 is 0 Å². The van der Waals surface area contributed by atoms with Gasteiger partial charge in [0.2, 0.25) is 5.82 Å². The number of phenols is 1. The second-order valence-corrected chi connectivity index (χ2v) is 9.26. The van der Waals surface area contributed by atoms with E-state index >= 15 is 0 Å². The molecule has 0 bridgehead atoms. The van der Waals surface area contributed by atoms with Crippen molar-refractivity contribution in [3.05, 3.63) is 48.4 Å². The summed E-state index contributed by atoms with van der Waals surface area (Å²) in [5.74, 6) is 8.28. The molecule has 0 aliphatic carbocycles. The number of hydrogen-bond donors (Lipinski definition) is 2. The first-order valence-corrected chi connectivity index (χ1v) is 12.6. The van der Waals surface area contributed by atoms with E-state index in [-0.39, 0.29) is 11.8 Å². The van der Waals surface area contributed by atoms with Crippen LogP contribution in [-0.2, 0) is 4.74 Å². The van der Waals surface area contributed by atoms with E-state index in [2.05, 4.69) is 48.6 Å². The predicted octanol–water partition coefficient (Wildman–Crippen LogP) is 2.01. The average Bonchev–Trinajstić information content (AvgIpc) is 3.12. The molecule has 0 unspecified atom stereocenters. The van der Waals surface area contributed by atoms with Crippen molar-refractivity contribution in [1.82, 2.24) is 25.1 Å². The van der Waals surface area contributed by atoms with Gasteiger partial charge in [0.1, 0.15) is 11.6 Å². The highest BCUT2D eigenvalue weighted by atomic mass is 16.5. The van der Waals surface area contributed by atoms with Crippen molar-refractivity contribution in [3.63, 3.8) is 0 Å². The fraction of sp³-hybridized carbons (Fsp3) is 0.407. The number of nitrogen functional groups attached to an aromatic ring is 1. The molecule has 2 aliphatic heterocycles. The van der Waals surface area contributed by atoms with E-state index in [1.165, 1.54) is 0 Å². The number of phenolic OH excluding ortho intramolecular Hbond substituents is 1. The van der Waals surface area contributed by atoms with Gasteiger partial charge in [-0.25, -0.2) is 9.97 Å². The molecule has 2 aliphatic rings. The number of aromatic hydroxyl groups is 1. The molecule has 0 radical (unpaired) electrons. The van der Waals surface area contributed by atoms with Crippen LogP contribution in [0, 0.1) is 11.8 Å². The normalized spacial score (nSPS) is 18.7. The maximum Gasteiger partial charge on any atom is 0.206 e. The van der Waals surface area contributed by atoms with Gasteiger partial charge in [0, 0.05) is 50.5 Å². The summed E-state index contributed by atoms with van der Waals surface area (Å²) in [4.78, 5) is 15.9. The van der Waals surface area contributed by atoms with Gasteiger partial charge in [0.25, 0.3) is 0 Å². The van der Waals surface area contributed by atoms with E-state index in [1.807, 2.05) is 24.3 Å². The third-order valence-corrected chi connectivity index (χ3v) is 6.82. The Morgan fingerprint density at radius 1 is 1.08 bits per heavy atom. The molecule has 10 nitrogen and oxygen atoms in total. The van der Waals surface area contributed by atoms with Gasteiger partial charge in [0.15, 0.2) is 5.82 Å². The number of rotatable bonds is 4. The zero-order valence-corrected chi connectivity index (χ0v) is 21.0. The Bertz CT molecular complexity index is 1280. The molecule has 0 spiro atoms. The maximum atomic E-state index is 10.3. The molecular weight excluding hydrogens is 468 g/mol. The number of ether oxygens (including phenoxy) is 1. The molecule has 1 atom stereocenters. The summed E-state index contributed by atoms with van der Waals surface area (Å²) in [5, 5.41) is 18.7. The molecule has 4 heterocycles. The number of para-hydroxylation sites is 1. The van der Waals surface area contributed by atoms with Crippen LogP contribution in [0.15, 0.2) is 42.6 Å². The van der Waals surface area contributed by atoms with Crippen molar-refractivity contribution < 1.29 is 9.84 Å². The Kier molecular flexibility index (Phi) is 7.63. The molecule has 2 fully saturated rings. The monoisotopic (exact) mass is 500 g/mol. The van der Waals surface area contributed by atoms with Gasteiger partial charge < -0.3 is 25.4 Å². The second-order valence-electron chi connectivity index (χ2n) is 9.26. The highest BCUT2D eigenvalue weighted by Gasteiger charge is 2.24. The Balaban J connectivity index is 1.30. The van der Waals surface area contributed by atoms with Crippen LogP contribution in [0.1, 0.15) is 19.2 Å². The maximum absolute atomic E-state index is 10.3. The molecule has 0 saturated carbocycles. The SMILES string of the molecule is C[C@H]1CCN(c2cc(-c3ccccc3O)nnc2N)CCN1c1ccnc(C#CCN2CCOCC2)n1. The molecular formula is C27H32N8O2. The average molecular weight is 501 g/mol. The summed E-state index contributed by atoms with van der Waals surface area (Å²) in [6.07, 6.45) is 2.69. The zero-order valence-electron chi connectivity index (χ0n) is 21.0. The van der Waals surface area contributed by atoms with Crippen LogP contribution in [0.5, 0.6) is 5.75 Å². The fourth-order valence-electron chi connectivity index (χ4n) is 4.67. The van der Waals surface area contributed by atoms with Crippen molar-refractivity contribution in [1.29, 1.82) is 0 Å². The highest BCUT2D eigenvalue weighted by Crippen LogP contribution is 2.32. The van der Waals surface area contributed by atoms with E-state index in [4.69, 9.17) is 15.5 Å². The number of aromatic nitrogens is 4. The van der Waals surface area contributed by atoms with E-state index in [9.17, 15) is 5.11 Å². The van der Waals surface area contributed by atoms with Gasteiger partial charge in [-0.15, -0.1) is 10.2 Å². The molecule has 3 N–H and O–H groups in total. The number of hydrogen-bond acceptors (Lipinski definition) is 10. The van der Waals surface area contributed by atoms with Crippen molar-refractivity contribution >= 4 is 17.3 Å². The molecule has 2 saturated heterocycles. The molecule has 37 heavy (non-hydrogen) atoms.